The van der Waals surface area contributed by atoms with Gasteiger partial charge in [0, 0.05) is 17.3 Å². The minimum atomic E-state index is -0.665. The minimum Gasteiger partial charge on any atom is -0.388 e. The lowest BCUT2D eigenvalue weighted by molar-refractivity contribution is 0.0919. The molecule has 0 aliphatic carbocycles. The highest BCUT2D eigenvalue weighted by molar-refractivity contribution is 5.94. The van der Waals surface area contributed by atoms with Crippen molar-refractivity contribution in [1.82, 2.24) is 14.9 Å². The summed E-state index contributed by atoms with van der Waals surface area (Å²) in [6.45, 7) is 5.86. The van der Waals surface area contributed by atoms with E-state index >= 15 is 0 Å². The molecule has 1 heterocycles. The zero-order chi connectivity index (χ0) is 28.9. The maximum Gasteiger partial charge on any atom is 0.251 e. The summed E-state index contributed by atoms with van der Waals surface area (Å²) < 4.78 is 2.19. The molecular formula is C36H37N3O2. The maximum atomic E-state index is 12.5. The Kier molecular flexibility index (Phi) is 8.18. The van der Waals surface area contributed by atoms with Crippen molar-refractivity contribution >= 4 is 5.91 Å². The number of aromatic nitrogens is 2. The number of aryl methyl sites for hydroxylation is 1. The lowest BCUT2D eigenvalue weighted by Gasteiger charge is -2.37. The Morgan fingerprint density at radius 1 is 0.780 bits per heavy atom. The van der Waals surface area contributed by atoms with Gasteiger partial charge in [-0.1, -0.05) is 103 Å². The Bertz CT molecular complexity index is 1460. The van der Waals surface area contributed by atoms with E-state index in [1.807, 2.05) is 57.4 Å². The second-order valence-electron chi connectivity index (χ2n) is 11.5. The molecule has 5 heteroatoms. The van der Waals surface area contributed by atoms with Crippen molar-refractivity contribution in [3.63, 3.8) is 0 Å². The molecule has 1 amide bonds. The van der Waals surface area contributed by atoms with Gasteiger partial charge in [0.1, 0.15) is 5.54 Å². The van der Waals surface area contributed by atoms with Crippen LogP contribution in [-0.4, -0.2) is 26.1 Å². The Labute approximate surface area is 242 Å². The quantitative estimate of drug-likeness (QED) is 0.198. The van der Waals surface area contributed by atoms with Gasteiger partial charge in [-0.3, -0.25) is 4.79 Å². The van der Waals surface area contributed by atoms with Gasteiger partial charge in [0.25, 0.3) is 5.91 Å². The van der Waals surface area contributed by atoms with E-state index in [9.17, 15) is 9.90 Å². The van der Waals surface area contributed by atoms with Gasteiger partial charge in [0.2, 0.25) is 0 Å². The van der Waals surface area contributed by atoms with Crippen molar-refractivity contribution in [2.45, 2.75) is 50.8 Å². The predicted octanol–water partition coefficient (Wildman–Crippen LogP) is 6.92. The second-order valence-corrected chi connectivity index (χ2v) is 11.5. The smallest absolute Gasteiger partial charge is 0.251 e. The highest BCUT2D eigenvalue weighted by Crippen LogP contribution is 2.40. The average molecular weight is 544 g/mol. The van der Waals surface area contributed by atoms with Crippen LogP contribution in [0.5, 0.6) is 0 Å². The largest absolute Gasteiger partial charge is 0.388 e. The van der Waals surface area contributed by atoms with Crippen LogP contribution in [0.25, 0.3) is 0 Å². The highest BCUT2D eigenvalue weighted by Gasteiger charge is 2.38. The van der Waals surface area contributed by atoms with Crippen LogP contribution in [0, 0.1) is 0 Å². The standard InChI is InChI=1S/C36H37N3O2/c1-35(2,3)38-34(41)28-21-19-27(20-22-28)33(40)24-23-32-25-39(26-37-32)36(29-13-7-4-8-14-29,30-15-9-5-10-16-30)31-17-11-6-12-18-31/h4-22,25-26,33,40H,23-24H2,1-3H3,(H,38,41). The summed E-state index contributed by atoms with van der Waals surface area (Å²) in [5.41, 5.74) is 4.75. The molecule has 0 aliphatic rings. The molecule has 5 rings (SSSR count). The third-order valence-corrected chi connectivity index (χ3v) is 7.32. The molecule has 5 aromatic rings. The number of amides is 1. The van der Waals surface area contributed by atoms with Gasteiger partial charge in [-0.25, -0.2) is 4.98 Å². The van der Waals surface area contributed by atoms with E-state index in [0.29, 0.717) is 18.4 Å². The molecule has 4 aromatic carbocycles. The topological polar surface area (TPSA) is 67.2 Å². The number of aliphatic hydroxyl groups excluding tert-OH is 1. The summed E-state index contributed by atoms with van der Waals surface area (Å²) >= 11 is 0. The van der Waals surface area contributed by atoms with Crippen LogP contribution in [-0.2, 0) is 12.0 Å². The van der Waals surface area contributed by atoms with Crippen LogP contribution in [0.4, 0.5) is 0 Å². The van der Waals surface area contributed by atoms with Gasteiger partial charge in [0.15, 0.2) is 0 Å². The molecule has 208 valence electrons. The van der Waals surface area contributed by atoms with Crippen molar-refractivity contribution in [3.05, 3.63) is 161 Å². The fraction of sp³-hybridized carbons (Fsp3) is 0.222. The first kappa shape index (κ1) is 28.1. The van der Waals surface area contributed by atoms with Gasteiger partial charge in [-0.05, 0) is 68.0 Å². The summed E-state index contributed by atoms with van der Waals surface area (Å²) in [4.78, 5) is 17.3. The van der Waals surface area contributed by atoms with Crippen molar-refractivity contribution in [3.8, 4) is 0 Å². The monoisotopic (exact) mass is 543 g/mol. The van der Waals surface area contributed by atoms with Crippen LogP contribution in [0.15, 0.2) is 128 Å². The van der Waals surface area contributed by atoms with E-state index in [4.69, 9.17) is 4.98 Å². The molecule has 0 spiro atoms. The third-order valence-electron chi connectivity index (χ3n) is 7.32. The van der Waals surface area contributed by atoms with Crippen LogP contribution in [0.3, 0.4) is 0 Å². The van der Waals surface area contributed by atoms with E-state index in [1.54, 1.807) is 12.1 Å². The van der Waals surface area contributed by atoms with Crippen LogP contribution >= 0.6 is 0 Å². The Morgan fingerprint density at radius 3 is 1.73 bits per heavy atom. The number of nitrogens with one attached hydrogen (secondary N) is 1. The fourth-order valence-corrected chi connectivity index (χ4v) is 5.38. The summed E-state index contributed by atoms with van der Waals surface area (Å²) in [7, 11) is 0. The van der Waals surface area contributed by atoms with Crippen molar-refractivity contribution in [2.24, 2.45) is 0 Å². The minimum absolute atomic E-state index is 0.122. The number of nitrogens with zero attached hydrogens (tertiary/aromatic N) is 2. The molecule has 5 nitrogen and oxygen atoms in total. The average Bonchev–Trinajstić information content (AvgIpc) is 3.46. The van der Waals surface area contributed by atoms with Gasteiger partial charge in [0.05, 0.1) is 18.1 Å². The normalized spacial score (nSPS) is 12.6. The molecule has 1 aromatic heterocycles. The summed E-state index contributed by atoms with van der Waals surface area (Å²) in [5.74, 6) is -0.122. The maximum absolute atomic E-state index is 12.5. The first-order valence-corrected chi connectivity index (χ1v) is 14.1. The molecule has 0 radical (unpaired) electrons. The molecule has 1 atom stereocenters. The number of rotatable bonds is 9. The molecule has 0 saturated heterocycles. The van der Waals surface area contributed by atoms with Gasteiger partial charge in [-0.2, -0.15) is 0 Å². The molecule has 2 N–H and O–H groups in total. The number of hydrogen-bond donors (Lipinski definition) is 2. The zero-order valence-corrected chi connectivity index (χ0v) is 23.9. The molecule has 1 unspecified atom stereocenters. The second kappa shape index (κ2) is 11.9. The molecule has 0 bridgehead atoms. The van der Waals surface area contributed by atoms with Crippen LogP contribution < -0.4 is 5.32 Å². The number of hydrogen-bond acceptors (Lipinski definition) is 3. The van der Waals surface area contributed by atoms with Crippen molar-refractivity contribution in [2.75, 3.05) is 0 Å². The highest BCUT2D eigenvalue weighted by atomic mass is 16.3. The van der Waals surface area contributed by atoms with Crippen molar-refractivity contribution in [1.29, 1.82) is 0 Å². The van der Waals surface area contributed by atoms with Crippen LogP contribution in [0.1, 0.15) is 71.6 Å². The van der Waals surface area contributed by atoms with E-state index in [0.717, 1.165) is 27.9 Å². The molecule has 0 fully saturated rings. The SMILES string of the molecule is CC(C)(C)NC(=O)c1ccc(C(O)CCc2cn(C(c3ccccc3)(c3ccccc3)c3ccccc3)cn2)cc1. The van der Waals surface area contributed by atoms with E-state index in [2.05, 4.69) is 88.9 Å². The molecule has 0 saturated carbocycles. The lowest BCUT2D eigenvalue weighted by Crippen LogP contribution is -2.40. The van der Waals surface area contributed by atoms with Gasteiger partial charge < -0.3 is 15.0 Å². The summed E-state index contributed by atoms with van der Waals surface area (Å²) in [5, 5.41) is 13.9. The fourth-order valence-electron chi connectivity index (χ4n) is 5.38. The first-order chi connectivity index (χ1) is 19.8. The Morgan fingerprint density at radius 2 is 1.27 bits per heavy atom. The molecular weight excluding hydrogens is 506 g/mol. The Hall–Kier alpha value is -4.48. The number of carbonyl (C=O) groups excluding carboxylic acids is 1. The third kappa shape index (κ3) is 6.16. The van der Waals surface area contributed by atoms with E-state index in [-0.39, 0.29) is 11.4 Å². The summed E-state index contributed by atoms with van der Waals surface area (Å²) in [6, 6.07) is 38.7. The molecule has 0 aliphatic heterocycles. The number of benzene rings is 4. The molecule has 41 heavy (non-hydrogen) atoms. The Balaban J connectivity index is 1.41. The number of imidazole rings is 1. The predicted molar refractivity (Wildman–Crippen MR) is 164 cm³/mol. The number of carbonyl (C=O) groups is 1. The van der Waals surface area contributed by atoms with Gasteiger partial charge in [-0.15, -0.1) is 0 Å². The summed E-state index contributed by atoms with van der Waals surface area (Å²) in [6.07, 6.45) is 4.45. The van der Waals surface area contributed by atoms with Crippen LogP contribution in [0.2, 0.25) is 0 Å². The number of aliphatic hydroxyl groups is 1. The van der Waals surface area contributed by atoms with Crippen molar-refractivity contribution < 1.29 is 9.90 Å². The lowest BCUT2D eigenvalue weighted by atomic mass is 9.77. The van der Waals surface area contributed by atoms with E-state index < -0.39 is 11.6 Å². The first-order valence-electron chi connectivity index (χ1n) is 14.1. The van der Waals surface area contributed by atoms with Gasteiger partial charge >= 0.3 is 0 Å². The van der Waals surface area contributed by atoms with E-state index in [1.165, 1.54) is 0 Å². The zero-order valence-electron chi connectivity index (χ0n) is 23.9.